The minimum Gasteiger partial charge on any atom is -0.355 e. The summed E-state index contributed by atoms with van der Waals surface area (Å²) in [5.41, 5.74) is -1.46. The average Bonchev–Trinajstić information content (AvgIpc) is 2.47. The van der Waals surface area contributed by atoms with Crippen LogP contribution in [-0.2, 0) is 19.1 Å². The highest BCUT2D eigenvalue weighted by Gasteiger charge is 2.53. The van der Waals surface area contributed by atoms with Gasteiger partial charge in [-0.2, -0.15) is 0 Å². The van der Waals surface area contributed by atoms with Crippen LogP contribution in [0.2, 0.25) is 0 Å². The van der Waals surface area contributed by atoms with E-state index in [9.17, 15) is 9.59 Å². The van der Waals surface area contributed by atoms with E-state index in [2.05, 4.69) is 16.6 Å². The van der Waals surface area contributed by atoms with Crippen molar-refractivity contribution in [3.8, 4) is 12.3 Å². The van der Waals surface area contributed by atoms with E-state index in [1.807, 2.05) is 13.8 Å². The maximum absolute atomic E-state index is 11.8. The van der Waals surface area contributed by atoms with Gasteiger partial charge >= 0.3 is 0 Å². The molecule has 1 saturated heterocycles. The number of nitrogens with one attached hydrogen (secondary N) is 2. The topological polar surface area (TPSA) is 76.7 Å². The zero-order chi connectivity index (χ0) is 17.6. The summed E-state index contributed by atoms with van der Waals surface area (Å²) in [6.45, 7) is 9.14. The van der Waals surface area contributed by atoms with Gasteiger partial charge in [-0.15, -0.1) is 12.3 Å². The molecule has 0 unspecified atom stereocenters. The van der Waals surface area contributed by atoms with Crippen LogP contribution in [0.3, 0.4) is 0 Å². The number of hydrogen-bond acceptors (Lipinski definition) is 5. The van der Waals surface area contributed by atoms with Crippen molar-refractivity contribution >= 4 is 12.2 Å². The van der Waals surface area contributed by atoms with Crippen molar-refractivity contribution < 1.29 is 19.1 Å². The molecule has 6 heteroatoms. The molecule has 1 aliphatic rings. The molecule has 130 valence electrons. The third kappa shape index (κ3) is 5.31. The smallest absolute Gasteiger partial charge is 0.221 e. The third-order valence-electron chi connectivity index (χ3n) is 4.05. The summed E-state index contributed by atoms with van der Waals surface area (Å²) in [6.07, 6.45) is 6.81. The van der Waals surface area contributed by atoms with Crippen LogP contribution >= 0.6 is 0 Å². The highest BCUT2D eigenvalue weighted by molar-refractivity contribution is 5.76. The van der Waals surface area contributed by atoms with Crippen LogP contribution in [-0.4, -0.2) is 49.8 Å². The van der Waals surface area contributed by atoms with Crippen molar-refractivity contribution in [2.45, 2.75) is 51.9 Å². The van der Waals surface area contributed by atoms with Gasteiger partial charge in [0.05, 0.1) is 6.61 Å². The summed E-state index contributed by atoms with van der Waals surface area (Å²) < 4.78 is 11.6. The molecule has 1 aliphatic heterocycles. The monoisotopic (exact) mass is 324 g/mol. The lowest BCUT2D eigenvalue weighted by Crippen LogP contribution is -2.64. The Hall–Kier alpha value is -1.42. The molecule has 0 bridgehead atoms. The lowest BCUT2D eigenvalue weighted by molar-refractivity contribution is -0.336. The molecule has 1 rings (SSSR count). The Bertz CT molecular complexity index is 468. The van der Waals surface area contributed by atoms with Gasteiger partial charge in [0.15, 0.2) is 12.1 Å². The van der Waals surface area contributed by atoms with Crippen molar-refractivity contribution in [2.24, 2.45) is 5.41 Å². The molecule has 0 aliphatic carbocycles. The first-order valence-corrected chi connectivity index (χ1v) is 7.89. The van der Waals surface area contributed by atoms with E-state index < -0.39 is 16.8 Å². The fourth-order valence-corrected chi connectivity index (χ4v) is 2.42. The van der Waals surface area contributed by atoms with Gasteiger partial charge in [-0.05, 0) is 13.8 Å². The zero-order valence-electron chi connectivity index (χ0n) is 14.5. The van der Waals surface area contributed by atoms with Gasteiger partial charge in [-0.3, -0.25) is 4.79 Å². The summed E-state index contributed by atoms with van der Waals surface area (Å²) in [6, 6.07) is 0. The average molecular weight is 324 g/mol. The summed E-state index contributed by atoms with van der Waals surface area (Å²) in [7, 11) is 0. The Labute approximate surface area is 138 Å². The van der Waals surface area contributed by atoms with Crippen LogP contribution in [0.15, 0.2) is 0 Å². The largest absolute Gasteiger partial charge is 0.355 e. The zero-order valence-corrected chi connectivity index (χ0v) is 14.5. The van der Waals surface area contributed by atoms with E-state index in [0.717, 1.165) is 6.29 Å². The molecule has 1 amide bonds. The van der Waals surface area contributed by atoms with Crippen molar-refractivity contribution in [3.63, 3.8) is 0 Å². The molecule has 1 fully saturated rings. The van der Waals surface area contributed by atoms with Crippen LogP contribution in [0.1, 0.15) is 40.5 Å². The quantitative estimate of drug-likeness (QED) is 0.393. The van der Waals surface area contributed by atoms with E-state index in [4.69, 9.17) is 15.9 Å². The first-order chi connectivity index (χ1) is 10.7. The molecule has 6 nitrogen and oxygen atoms in total. The molecule has 0 aromatic carbocycles. The lowest BCUT2D eigenvalue weighted by atomic mass is 9.74. The maximum atomic E-state index is 11.8. The summed E-state index contributed by atoms with van der Waals surface area (Å²) in [5.74, 6) is 1.58. The molecule has 2 N–H and O–H groups in total. The Balaban J connectivity index is 2.51. The minimum atomic E-state index is -0.991. The fraction of sp³-hybridized carbons (Fsp3) is 0.765. The van der Waals surface area contributed by atoms with E-state index in [0.29, 0.717) is 39.1 Å². The van der Waals surface area contributed by atoms with Gasteiger partial charge in [-0.25, -0.2) is 0 Å². The van der Waals surface area contributed by atoms with Gasteiger partial charge in [0.1, 0.15) is 5.60 Å². The Kier molecular flexibility index (Phi) is 6.75. The number of rotatable bonds is 8. The second-order valence-electron chi connectivity index (χ2n) is 6.91. The van der Waals surface area contributed by atoms with E-state index >= 15 is 0 Å². The molecular formula is C17H28N2O4. The number of carbonyl (C=O) groups excluding carboxylic acids is 2. The number of aldehydes is 1. The van der Waals surface area contributed by atoms with Crippen LogP contribution < -0.4 is 10.6 Å². The number of amides is 1. The molecular weight excluding hydrogens is 296 g/mol. The van der Waals surface area contributed by atoms with Gasteiger partial charge in [0.2, 0.25) is 5.91 Å². The normalized spacial score (nSPS) is 25.3. The Morgan fingerprint density at radius 3 is 2.61 bits per heavy atom. The Morgan fingerprint density at radius 1 is 1.30 bits per heavy atom. The lowest BCUT2D eigenvalue weighted by Gasteiger charge is -2.51. The first kappa shape index (κ1) is 19.6. The molecule has 1 atom stereocenters. The van der Waals surface area contributed by atoms with Gasteiger partial charge in [0.25, 0.3) is 0 Å². The van der Waals surface area contributed by atoms with Crippen molar-refractivity contribution in [1.82, 2.24) is 10.6 Å². The van der Waals surface area contributed by atoms with E-state index in [1.54, 1.807) is 13.8 Å². The van der Waals surface area contributed by atoms with Gasteiger partial charge in [0, 0.05) is 37.9 Å². The molecule has 1 heterocycles. The number of ether oxygens (including phenoxy) is 2. The highest BCUT2D eigenvalue weighted by atomic mass is 16.7. The SMILES string of the molecule is C#CCCNC(=O)CCNC[C@@]1(C=O)OC(C)(C)OCC1(C)C. The second kappa shape index (κ2) is 7.91. The molecule has 0 aromatic rings. The van der Waals surface area contributed by atoms with Gasteiger partial charge < -0.3 is 24.9 Å². The van der Waals surface area contributed by atoms with E-state index in [1.165, 1.54) is 0 Å². The van der Waals surface area contributed by atoms with E-state index in [-0.39, 0.29) is 5.91 Å². The summed E-state index contributed by atoms with van der Waals surface area (Å²) in [5, 5.41) is 5.88. The predicted molar refractivity (Wildman–Crippen MR) is 87.6 cm³/mol. The molecule has 0 radical (unpaired) electrons. The minimum absolute atomic E-state index is 0.0691. The molecule has 0 aromatic heterocycles. The maximum Gasteiger partial charge on any atom is 0.221 e. The summed E-state index contributed by atoms with van der Waals surface area (Å²) >= 11 is 0. The standard InChI is InChI=1S/C17H28N2O4/c1-6-7-9-19-14(21)8-10-18-11-17(12-20)15(2,3)13-22-16(4,5)23-17/h1,12,18H,7-11,13H2,2-5H3,(H,19,21)/t17-/m0/s1. The summed E-state index contributed by atoms with van der Waals surface area (Å²) in [4.78, 5) is 23.4. The molecule has 0 spiro atoms. The first-order valence-electron chi connectivity index (χ1n) is 7.89. The molecule has 0 saturated carbocycles. The fourth-order valence-electron chi connectivity index (χ4n) is 2.42. The third-order valence-corrected chi connectivity index (χ3v) is 4.05. The Morgan fingerprint density at radius 2 is 2.00 bits per heavy atom. The predicted octanol–water partition coefficient (Wildman–Crippen LogP) is 0.852. The highest BCUT2D eigenvalue weighted by Crippen LogP contribution is 2.41. The second-order valence-corrected chi connectivity index (χ2v) is 6.91. The van der Waals surface area contributed by atoms with Crippen LogP contribution in [0.4, 0.5) is 0 Å². The number of terminal acetylenes is 1. The van der Waals surface area contributed by atoms with Crippen LogP contribution in [0.25, 0.3) is 0 Å². The van der Waals surface area contributed by atoms with Gasteiger partial charge in [-0.1, -0.05) is 13.8 Å². The molecule has 23 heavy (non-hydrogen) atoms. The van der Waals surface area contributed by atoms with Crippen LogP contribution in [0, 0.1) is 17.8 Å². The van der Waals surface area contributed by atoms with Crippen molar-refractivity contribution in [3.05, 3.63) is 0 Å². The van der Waals surface area contributed by atoms with Crippen LogP contribution in [0.5, 0.6) is 0 Å². The number of carbonyl (C=O) groups is 2. The number of hydrogen-bond donors (Lipinski definition) is 2. The van der Waals surface area contributed by atoms with Crippen molar-refractivity contribution in [2.75, 3.05) is 26.2 Å². The van der Waals surface area contributed by atoms with Crippen molar-refractivity contribution in [1.29, 1.82) is 0 Å².